The van der Waals surface area contributed by atoms with Crippen LogP contribution in [0.15, 0.2) is 30.3 Å². The molecule has 0 aliphatic heterocycles. The SMILES string of the molecule is N=C(N)N(O)CCCc1ccccc1. The summed E-state index contributed by atoms with van der Waals surface area (Å²) >= 11 is 0. The molecule has 0 spiro atoms. The average molecular weight is 193 g/mol. The van der Waals surface area contributed by atoms with E-state index in [1.54, 1.807) is 0 Å². The fourth-order valence-electron chi connectivity index (χ4n) is 1.20. The second-order valence-electron chi connectivity index (χ2n) is 3.10. The maximum atomic E-state index is 9.09. The van der Waals surface area contributed by atoms with Gasteiger partial charge in [0.25, 0.3) is 0 Å². The van der Waals surface area contributed by atoms with Crippen LogP contribution in [0.5, 0.6) is 0 Å². The predicted molar refractivity (Wildman–Crippen MR) is 55.2 cm³/mol. The summed E-state index contributed by atoms with van der Waals surface area (Å²) in [7, 11) is 0. The van der Waals surface area contributed by atoms with Crippen molar-refractivity contribution in [3.8, 4) is 0 Å². The molecule has 0 aliphatic rings. The van der Waals surface area contributed by atoms with E-state index in [0.717, 1.165) is 17.9 Å². The van der Waals surface area contributed by atoms with Crippen molar-refractivity contribution in [3.63, 3.8) is 0 Å². The van der Waals surface area contributed by atoms with Crippen LogP contribution in [0.3, 0.4) is 0 Å². The fourth-order valence-corrected chi connectivity index (χ4v) is 1.20. The van der Waals surface area contributed by atoms with Crippen molar-refractivity contribution in [1.82, 2.24) is 5.06 Å². The third-order valence-electron chi connectivity index (χ3n) is 1.96. The highest BCUT2D eigenvalue weighted by atomic mass is 16.5. The molecule has 14 heavy (non-hydrogen) atoms. The van der Waals surface area contributed by atoms with E-state index in [1.165, 1.54) is 5.56 Å². The summed E-state index contributed by atoms with van der Waals surface area (Å²) in [6, 6.07) is 10.0. The van der Waals surface area contributed by atoms with E-state index in [-0.39, 0.29) is 5.96 Å². The number of nitrogens with one attached hydrogen (secondary N) is 1. The van der Waals surface area contributed by atoms with Gasteiger partial charge in [-0.2, -0.15) is 0 Å². The van der Waals surface area contributed by atoms with Gasteiger partial charge in [0.1, 0.15) is 0 Å². The predicted octanol–water partition coefficient (Wildman–Crippen LogP) is 1.20. The maximum Gasteiger partial charge on any atom is 0.212 e. The van der Waals surface area contributed by atoms with Crippen LogP contribution in [0.25, 0.3) is 0 Å². The molecule has 1 rings (SSSR count). The number of benzene rings is 1. The van der Waals surface area contributed by atoms with Crippen molar-refractivity contribution < 1.29 is 5.21 Å². The zero-order valence-corrected chi connectivity index (χ0v) is 7.98. The lowest BCUT2D eigenvalue weighted by Crippen LogP contribution is -2.34. The van der Waals surface area contributed by atoms with Gasteiger partial charge in [-0.3, -0.25) is 10.6 Å². The van der Waals surface area contributed by atoms with E-state index in [0.29, 0.717) is 6.54 Å². The Morgan fingerprint density at radius 1 is 1.36 bits per heavy atom. The van der Waals surface area contributed by atoms with Crippen LogP contribution in [0.1, 0.15) is 12.0 Å². The molecule has 0 aliphatic carbocycles. The standard InChI is InChI=1S/C10H15N3O/c11-10(12)13(14)8-4-7-9-5-2-1-3-6-9/h1-3,5-6,14H,4,7-8H2,(H3,11,12). The molecule has 0 heterocycles. The quantitative estimate of drug-likeness (QED) is 0.382. The molecule has 0 bridgehead atoms. The second kappa shape index (κ2) is 5.24. The monoisotopic (exact) mass is 193 g/mol. The van der Waals surface area contributed by atoms with E-state index in [1.807, 2.05) is 30.3 Å². The molecule has 1 aromatic rings. The summed E-state index contributed by atoms with van der Waals surface area (Å²) in [5.41, 5.74) is 6.30. The summed E-state index contributed by atoms with van der Waals surface area (Å²) in [5, 5.41) is 16.8. The summed E-state index contributed by atoms with van der Waals surface area (Å²) in [4.78, 5) is 0. The Hall–Kier alpha value is -1.55. The van der Waals surface area contributed by atoms with Crippen LogP contribution in [0.4, 0.5) is 0 Å². The second-order valence-corrected chi connectivity index (χ2v) is 3.10. The zero-order valence-electron chi connectivity index (χ0n) is 7.98. The number of hydrogen-bond donors (Lipinski definition) is 3. The molecule has 4 N–H and O–H groups in total. The molecule has 0 fully saturated rings. The number of aryl methyl sites for hydroxylation is 1. The number of rotatable bonds is 4. The van der Waals surface area contributed by atoms with E-state index < -0.39 is 0 Å². The molecule has 0 radical (unpaired) electrons. The molecule has 0 saturated heterocycles. The lowest BCUT2D eigenvalue weighted by molar-refractivity contribution is -0.0176. The van der Waals surface area contributed by atoms with Crippen LogP contribution in [-0.4, -0.2) is 22.8 Å². The molecule has 0 unspecified atom stereocenters. The van der Waals surface area contributed by atoms with Gasteiger partial charge >= 0.3 is 0 Å². The minimum atomic E-state index is -0.307. The Balaban J connectivity index is 2.26. The molecule has 1 aromatic carbocycles. The van der Waals surface area contributed by atoms with Crippen molar-refractivity contribution in [3.05, 3.63) is 35.9 Å². The topological polar surface area (TPSA) is 73.3 Å². The Labute approximate surface area is 83.4 Å². The highest BCUT2D eigenvalue weighted by Crippen LogP contribution is 2.02. The van der Waals surface area contributed by atoms with Crippen molar-refractivity contribution in [2.75, 3.05) is 6.54 Å². The van der Waals surface area contributed by atoms with E-state index >= 15 is 0 Å². The van der Waals surface area contributed by atoms with Crippen molar-refractivity contribution in [1.29, 1.82) is 5.41 Å². The van der Waals surface area contributed by atoms with Crippen molar-refractivity contribution in [2.45, 2.75) is 12.8 Å². The number of nitrogens with zero attached hydrogens (tertiary/aromatic N) is 1. The Morgan fingerprint density at radius 3 is 2.57 bits per heavy atom. The van der Waals surface area contributed by atoms with Crippen LogP contribution in [0.2, 0.25) is 0 Å². The van der Waals surface area contributed by atoms with Gasteiger partial charge in [0.2, 0.25) is 5.96 Å². The largest absolute Gasteiger partial charge is 0.368 e. The molecule has 0 atom stereocenters. The third-order valence-corrected chi connectivity index (χ3v) is 1.96. The Morgan fingerprint density at radius 2 is 2.00 bits per heavy atom. The van der Waals surface area contributed by atoms with E-state index in [2.05, 4.69) is 0 Å². The molecular formula is C10H15N3O. The first-order chi connectivity index (χ1) is 6.70. The molecule has 0 amide bonds. The van der Waals surface area contributed by atoms with Crippen molar-refractivity contribution >= 4 is 5.96 Å². The highest BCUT2D eigenvalue weighted by molar-refractivity contribution is 5.73. The number of hydroxylamine groups is 2. The minimum absolute atomic E-state index is 0.307. The van der Waals surface area contributed by atoms with Gasteiger partial charge < -0.3 is 5.73 Å². The molecule has 76 valence electrons. The number of nitrogens with two attached hydrogens (primary N) is 1. The first-order valence-electron chi connectivity index (χ1n) is 4.54. The summed E-state index contributed by atoms with van der Waals surface area (Å²) < 4.78 is 0. The van der Waals surface area contributed by atoms with E-state index in [9.17, 15) is 0 Å². The van der Waals surface area contributed by atoms with E-state index in [4.69, 9.17) is 16.4 Å². The molecule has 0 saturated carbocycles. The molecule has 0 aromatic heterocycles. The van der Waals surface area contributed by atoms with Crippen LogP contribution in [0, 0.1) is 5.41 Å². The first kappa shape index (κ1) is 10.5. The van der Waals surface area contributed by atoms with Crippen LogP contribution >= 0.6 is 0 Å². The normalized spacial score (nSPS) is 9.79. The lowest BCUT2D eigenvalue weighted by Gasteiger charge is -2.13. The van der Waals surface area contributed by atoms with Crippen molar-refractivity contribution in [2.24, 2.45) is 5.73 Å². The van der Waals surface area contributed by atoms with Gasteiger partial charge in [0, 0.05) is 6.54 Å². The van der Waals surface area contributed by atoms with Crippen LogP contribution in [-0.2, 0) is 6.42 Å². The minimum Gasteiger partial charge on any atom is -0.368 e. The summed E-state index contributed by atoms with van der Waals surface area (Å²) in [6.07, 6.45) is 1.66. The third kappa shape index (κ3) is 3.45. The summed E-state index contributed by atoms with van der Waals surface area (Å²) in [5.74, 6) is -0.307. The average Bonchev–Trinajstić information content (AvgIpc) is 2.19. The molecule has 4 nitrogen and oxygen atoms in total. The molecular weight excluding hydrogens is 178 g/mol. The number of guanidine groups is 1. The van der Waals surface area contributed by atoms with Gasteiger partial charge in [-0.15, -0.1) is 0 Å². The summed E-state index contributed by atoms with van der Waals surface area (Å²) in [6.45, 7) is 0.393. The Bertz CT molecular complexity index is 287. The van der Waals surface area contributed by atoms with Gasteiger partial charge in [0.05, 0.1) is 0 Å². The zero-order chi connectivity index (χ0) is 10.4. The fraction of sp³-hybridized carbons (Fsp3) is 0.300. The maximum absolute atomic E-state index is 9.09. The van der Waals surface area contributed by atoms with Gasteiger partial charge in [-0.05, 0) is 18.4 Å². The van der Waals surface area contributed by atoms with Gasteiger partial charge in [-0.1, -0.05) is 30.3 Å². The smallest absolute Gasteiger partial charge is 0.212 e. The van der Waals surface area contributed by atoms with Crippen LogP contribution < -0.4 is 5.73 Å². The van der Waals surface area contributed by atoms with Gasteiger partial charge in [-0.25, -0.2) is 5.06 Å². The highest BCUT2D eigenvalue weighted by Gasteiger charge is 2.00. The van der Waals surface area contributed by atoms with Gasteiger partial charge in [0.15, 0.2) is 0 Å². The molecule has 4 heteroatoms. The lowest BCUT2D eigenvalue weighted by atomic mass is 10.1. The number of hydrogen-bond acceptors (Lipinski definition) is 2. The Kier molecular flexibility index (Phi) is 3.94. The first-order valence-corrected chi connectivity index (χ1v) is 4.54.